The first-order valence-corrected chi connectivity index (χ1v) is 9.58. The Bertz CT molecular complexity index is 557. The molecule has 120 valence electrons. The summed E-state index contributed by atoms with van der Waals surface area (Å²) in [5, 5.41) is 3.21. The Morgan fingerprint density at radius 3 is 2.38 bits per heavy atom. The summed E-state index contributed by atoms with van der Waals surface area (Å²) in [5.41, 5.74) is 0.969. The molecule has 0 amide bonds. The van der Waals surface area contributed by atoms with Crippen LogP contribution in [0.2, 0.25) is 0 Å². The van der Waals surface area contributed by atoms with Crippen molar-refractivity contribution in [2.24, 2.45) is 0 Å². The van der Waals surface area contributed by atoms with Crippen LogP contribution in [-0.2, 0) is 16.6 Å². The van der Waals surface area contributed by atoms with Gasteiger partial charge in [-0.05, 0) is 53.0 Å². The third-order valence-electron chi connectivity index (χ3n) is 3.69. The molecule has 0 bridgehead atoms. The van der Waals surface area contributed by atoms with E-state index >= 15 is 0 Å². The van der Waals surface area contributed by atoms with Crippen LogP contribution >= 0.6 is 15.9 Å². The molecular weight excluding hydrogens is 352 g/mol. The standard InChI is InChI=1S/C15H25BrN2O2S/c1-5-13(6-2)18(4)21(19,20)15-10-12(11-17-7-3)8-9-14(15)16/h8-10,13,17H,5-7,11H2,1-4H3. The number of nitrogens with zero attached hydrogens (tertiary/aromatic N) is 1. The fraction of sp³-hybridized carbons (Fsp3) is 0.600. The van der Waals surface area contributed by atoms with Gasteiger partial charge in [0.15, 0.2) is 0 Å². The summed E-state index contributed by atoms with van der Waals surface area (Å²) >= 11 is 3.37. The average molecular weight is 377 g/mol. The van der Waals surface area contributed by atoms with Gasteiger partial charge in [-0.25, -0.2) is 8.42 Å². The van der Waals surface area contributed by atoms with Gasteiger partial charge in [-0.1, -0.05) is 26.8 Å². The lowest BCUT2D eigenvalue weighted by atomic mass is 10.2. The molecular formula is C15H25BrN2O2S. The molecule has 0 aliphatic heterocycles. The molecule has 1 aromatic rings. The van der Waals surface area contributed by atoms with Crippen LogP contribution in [-0.4, -0.2) is 32.4 Å². The zero-order valence-electron chi connectivity index (χ0n) is 13.2. The molecule has 0 aromatic heterocycles. The van der Waals surface area contributed by atoms with E-state index in [2.05, 4.69) is 21.2 Å². The monoisotopic (exact) mass is 376 g/mol. The highest BCUT2D eigenvalue weighted by atomic mass is 79.9. The van der Waals surface area contributed by atoms with Gasteiger partial charge >= 0.3 is 0 Å². The minimum Gasteiger partial charge on any atom is -0.313 e. The fourth-order valence-corrected chi connectivity index (χ4v) is 4.75. The molecule has 1 aromatic carbocycles. The second-order valence-corrected chi connectivity index (χ2v) is 7.86. The third-order valence-corrected chi connectivity index (χ3v) is 6.59. The molecule has 0 fully saturated rings. The Balaban J connectivity index is 3.17. The van der Waals surface area contributed by atoms with Crippen molar-refractivity contribution in [1.82, 2.24) is 9.62 Å². The maximum absolute atomic E-state index is 12.8. The quantitative estimate of drug-likeness (QED) is 0.756. The normalized spacial score (nSPS) is 12.3. The Morgan fingerprint density at radius 2 is 1.86 bits per heavy atom. The average Bonchev–Trinajstić information content (AvgIpc) is 2.47. The maximum Gasteiger partial charge on any atom is 0.244 e. The van der Waals surface area contributed by atoms with Crippen molar-refractivity contribution in [1.29, 1.82) is 0 Å². The summed E-state index contributed by atoms with van der Waals surface area (Å²) in [7, 11) is -1.82. The van der Waals surface area contributed by atoms with E-state index < -0.39 is 10.0 Å². The van der Waals surface area contributed by atoms with Gasteiger partial charge in [0.1, 0.15) is 0 Å². The van der Waals surface area contributed by atoms with E-state index in [0.717, 1.165) is 24.9 Å². The lowest BCUT2D eigenvalue weighted by molar-refractivity contribution is 0.349. The topological polar surface area (TPSA) is 49.4 Å². The van der Waals surface area contributed by atoms with Crippen molar-refractivity contribution in [2.45, 2.75) is 51.1 Å². The van der Waals surface area contributed by atoms with Crippen molar-refractivity contribution >= 4 is 26.0 Å². The first-order chi connectivity index (χ1) is 9.88. The SMILES string of the molecule is CCNCc1ccc(Br)c(S(=O)(=O)N(C)C(CC)CC)c1. The first kappa shape index (κ1) is 18.6. The van der Waals surface area contributed by atoms with Crippen LogP contribution in [0.4, 0.5) is 0 Å². The van der Waals surface area contributed by atoms with E-state index in [1.807, 2.05) is 26.8 Å². The van der Waals surface area contributed by atoms with Crippen molar-refractivity contribution < 1.29 is 8.42 Å². The Morgan fingerprint density at radius 1 is 1.24 bits per heavy atom. The third kappa shape index (κ3) is 4.52. The predicted molar refractivity (Wildman–Crippen MR) is 90.8 cm³/mol. The maximum atomic E-state index is 12.8. The van der Waals surface area contributed by atoms with E-state index in [9.17, 15) is 8.42 Å². The van der Waals surface area contributed by atoms with E-state index in [0.29, 0.717) is 15.9 Å². The summed E-state index contributed by atoms with van der Waals surface area (Å²) in [6.45, 7) is 7.57. The molecule has 0 saturated heterocycles. The van der Waals surface area contributed by atoms with Gasteiger partial charge in [0, 0.05) is 24.1 Å². The summed E-state index contributed by atoms with van der Waals surface area (Å²) in [6.07, 6.45) is 1.61. The molecule has 1 N–H and O–H groups in total. The highest BCUT2D eigenvalue weighted by molar-refractivity contribution is 9.10. The smallest absolute Gasteiger partial charge is 0.244 e. The molecule has 21 heavy (non-hydrogen) atoms. The van der Waals surface area contributed by atoms with Gasteiger partial charge < -0.3 is 5.32 Å². The second-order valence-electron chi connectivity index (χ2n) is 5.04. The number of hydrogen-bond donors (Lipinski definition) is 1. The number of sulfonamides is 1. The van der Waals surface area contributed by atoms with Crippen molar-refractivity contribution in [3.05, 3.63) is 28.2 Å². The molecule has 0 aliphatic carbocycles. The summed E-state index contributed by atoms with van der Waals surface area (Å²) in [6, 6.07) is 5.52. The number of nitrogens with one attached hydrogen (secondary N) is 1. The lowest BCUT2D eigenvalue weighted by Crippen LogP contribution is -2.36. The molecule has 0 radical (unpaired) electrons. The minimum absolute atomic E-state index is 0.0272. The van der Waals surface area contributed by atoms with Gasteiger partial charge in [-0.15, -0.1) is 0 Å². The van der Waals surface area contributed by atoms with Crippen molar-refractivity contribution in [2.75, 3.05) is 13.6 Å². The molecule has 0 spiro atoms. The summed E-state index contributed by atoms with van der Waals surface area (Å²) in [5.74, 6) is 0. The van der Waals surface area contributed by atoms with Crippen LogP contribution in [0.5, 0.6) is 0 Å². The molecule has 4 nitrogen and oxygen atoms in total. The van der Waals surface area contributed by atoms with Gasteiger partial charge in [0.25, 0.3) is 0 Å². The number of benzene rings is 1. The first-order valence-electron chi connectivity index (χ1n) is 7.35. The van der Waals surface area contributed by atoms with Crippen molar-refractivity contribution in [3.63, 3.8) is 0 Å². The van der Waals surface area contributed by atoms with E-state index in [1.165, 1.54) is 4.31 Å². The minimum atomic E-state index is -3.48. The Labute approximate surface area is 137 Å². The molecule has 0 aliphatic rings. The number of halogens is 1. The van der Waals surface area contributed by atoms with E-state index in [-0.39, 0.29) is 6.04 Å². The van der Waals surface area contributed by atoms with E-state index in [4.69, 9.17) is 0 Å². The van der Waals surface area contributed by atoms with Crippen molar-refractivity contribution in [3.8, 4) is 0 Å². The number of rotatable bonds is 8. The highest BCUT2D eigenvalue weighted by Gasteiger charge is 2.28. The van der Waals surface area contributed by atoms with Crippen LogP contribution in [0, 0.1) is 0 Å². The molecule has 6 heteroatoms. The van der Waals surface area contributed by atoms with Crippen LogP contribution in [0.15, 0.2) is 27.6 Å². The molecule has 0 saturated carbocycles. The lowest BCUT2D eigenvalue weighted by Gasteiger charge is -2.26. The van der Waals surface area contributed by atoms with Gasteiger partial charge in [0.2, 0.25) is 10.0 Å². The Kier molecular flexibility index (Phi) is 7.33. The number of hydrogen-bond acceptors (Lipinski definition) is 3. The zero-order chi connectivity index (χ0) is 16.0. The largest absolute Gasteiger partial charge is 0.313 e. The highest BCUT2D eigenvalue weighted by Crippen LogP contribution is 2.27. The summed E-state index contributed by atoms with van der Waals surface area (Å²) < 4.78 is 27.7. The van der Waals surface area contributed by atoms with E-state index in [1.54, 1.807) is 19.2 Å². The molecule has 1 rings (SSSR count). The molecule has 0 heterocycles. The molecule has 0 atom stereocenters. The van der Waals surface area contributed by atoms with Crippen LogP contribution in [0.25, 0.3) is 0 Å². The molecule has 0 unspecified atom stereocenters. The van der Waals surface area contributed by atoms with Crippen LogP contribution in [0.3, 0.4) is 0 Å². The fourth-order valence-electron chi connectivity index (χ4n) is 2.28. The van der Waals surface area contributed by atoms with Gasteiger partial charge in [-0.2, -0.15) is 4.31 Å². The zero-order valence-corrected chi connectivity index (χ0v) is 15.6. The second kappa shape index (κ2) is 8.27. The van der Waals surface area contributed by atoms with Crippen LogP contribution in [0.1, 0.15) is 39.2 Å². The Hall–Kier alpha value is -0.430. The van der Waals surface area contributed by atoms with Gasteiger partial charge in [0.05, 0.1) is 4.90 Å². The predicted octanol–water partition coefficient (Wildman–Crippen LogP) is 3.37. The van der Waals surface area contributed by atoms with Gasteiger partial charge in [-0.3, -0.25) is 0 Å². The summed E-state index contributed by atoms with van der Waals surface area (Å²) in [4.78, 5) is 0.340. The van der Waals surface area contributed by atoms with Crippen LogP contribution < -0.4 is 5.32 Å².